The number of hydrogen-bond acceptors (Lipinski definition) is 11. The Kier molecular flexibility index (Phi) is 6.00. The maximum atomic E-state index is 14.9. The number of Topliss-reactive ketones (excluding diaryl/α,β-unsaturated/α-hetero) is 1. The molecule has 6 aliphatic rings. The Morgan fingerprint density at radius 1 is 0.500 bits per heavy atom. The zero-order chi connectivity index (χ0) is 35.8. The van der Waals surface area contributed by atoms with Gasteiger partial charge in [-0.2, -0.15) is 0 Å². The molecule has 6 aromatic rings. The molecule has 0 fully saturated rings. The third kappa shape index (κ3) is 4.03. The van der Waals surface area contributed by atoms with Gasteiger partial charge in [-0.15, -0.1) is 0 Å². The van der Waals surface area contributed by atoms with Gasteiger partial charge in [0.15, 0.2) is 46.0 Å². The number of benzene rings is 6. The van der Waals surface area contributed by atoms with E-state index in [2.05, 4.69) is 72.4 Å². The fourth-order valence-electron chi connectivity index (χ4n) is 9.40. The van der Waals surface area contributed by atoms with Crippen molar-refractivity contribution < 1.29 is 42.7 Å². The SMILES string of the molecule is CN1c2c(ccc3cc4c(cc23)OCO4)-c2ccc3c(c2C1CC(=O)CC1c2c(ccc4c2OCO4)-c2ccc4cc5c(cc4c2N1C)OCO5)OCO3. The molecular weight excluding hydrogens is 688 g/mol. The van der Waals surface area contributed by atoms with Crippen molar-refractivity contribution in [1.29, 1.82) is 0 Å². The van der Waals surface area contributed by atoms with E-state index >= 15 is 0 Å². The van der Waals surface area contributed by atoms with E-state index in [0.717, 1.165) is 77.8 Å². The molecule has 0 aliphatic carbocycles. The van der Waals surface area contributed by atoms with Crippen LogP contribution in [0.4, 0.5) is 11.4 Å². The minimum Gasteiger partial charge on any atom is -0.454 e. The summed E-state index contributed by atoms with van der Waals surface area (Å²) in [5.74, 6) is 5.73. The summed E-state index contributed by atoms with van der Waals surface area (Å²) < 4.78 is 47.1. The average molecular weight is 721 g/mol. The Morgan fingerprint density at radius 3 is 1.35 bits per heavy atom. The number of hydrogen-bond donors (Lipinski definition) is 0. The van der Waals surface area contributed by atoms with Crippen LogP contribution >= 0.6 is 0 Å². The summed E-state index contributed by atoms with van der Waals surface area (Å²) >= 11 is 0. The van der Waals surface area contributed by atoms with Gasteiger partial charge < -0.3 is 47.7 Å². The van der Waals surface area contributed by atoms with E-state index in [0.29, 0.717) is 34.5 Å². The van der Waals surface area contributed by atoms with Crippen LogP contribution in [0.15, 0.2) is 72.8 Å². The van der Waals surface area contributed by atoms with Crippen molar-refractivity contribution in [2.45, 2.75) is 24.9 Å². The number of nitrogens with zero attached hydrogens (tertiary/aromatic N) is 2. The van der Waals surface area contributed by atoms with Crippen LogP contribution in [0.2, 0.25) is 0 Å². The van der Waals surface area contributed by atoms with Gasteiger partial charge in [0.2, 0.25) is 27.2 Å². The van der Waals surface area contributed by atoms with Crippen molar-refractivity contribution in [1.82, 2.24) is 0 Å². The van der Waals surface area contributed by atoms with E-state index in [1.807, 2.05) is 24.3 Å². The molecule has 6 aliphatic heterocycles. The molecule has 11 nitrogen and oxygen atoms in total. The van der Waals surface area contributed by atoms with Gasteiger partial charge in [-0.25, -0.2) is 0 Å². The van der Waals surface area contributed by atoms with Crippen LogP contribution in [-0.2, 0) is 4.79 Å². The van der Waals surface area contributed by atoms with E-state index < -0.39 is 0 Å². The third-order valence-electron chi connectivity index (χ3n) is 11.9. The molecule has 0 aromatic heterocycles. The van der Waals surface area contributed by atoms with E-state index in [1.165, 1.54) is 0 Å². The molecule has 54 heavy (non-hydrogen) atoms. The van der Waals surface area contributed by atoms with Crippen molar-refractivity contribution in [3.05, 3.63) is 83.9 Å². The first kappa shape index (κ1) is 30.0. The van der Waals surface area contributed by atoms with Crippen molar-refractivity contribution >= 4 is 38.7 Å². The monoisotopic (exact) mass is 720 g/mol. The van der Waals surface area contributed by atoms with Crippen LogP contribution in [0, 0.1) is 0 Å². The highest BCUT2D eigenvalue weighted by atomic mass is 16.7. The smallest absolute Gasteiger partial charge is 0.231 e. The molecule has 11 heteroatoms. The van der Waals surface area contributed by atoms with Crippen LogP contribution in [0.3, 0.4) is 0 Å². The van der Waals surface area contributed by atoms with Crippen LogP contribution in [0.25, 0.3) is 43.8 Å². The minimum atomic E-state index is -0.338. The van der Waals surface area contributed by atoms with E-state index in [-0.39, 0.29) is 57.9 Å². The molecular formula is C43H32N2O9. The molecule has 0 saturated carbocycles. The highest BCUT2D eigenvalue weighted by Gasteiger charge is 2.41. The number of carbonyl (C=O) groups excluding carboxylic acids is 1. The van der Waals surface area contributed by atoms with E-state index in [4.69, 9.17) is 37.9 Å². The summed E-state index contributed by atoms with van der Waals surface area (Å²) in [5.41, 5.74) is 8.11. The number of carbonyl (C=O) groups is 1. The van der Waals surface area contributed by atoms with Crippen LogP contribution in [-0.4, -0.2) is 47.1 Å². The molecule has 0 radical (unpaired) electrons. The summed E-state index contributed by atoms with van der Waals surface area (Å²) in [5, 5.41) is 4.12. The second-order valence-corrected chi connectivity index (χ2v) is 14.5. The van der Waals surface area contributed by atoms with Crippen LogP contribution in [0.5, 0.6) is 46.0 Å². The van der Waals surface area contributed by atoms with E-state index in [9.17, 15) is 4.79 Å². The largest absolute Gasteiger partial charge is 0.454 e. The van der Waals surface area contributed by atoms with Gasteiger partial charge in [0.05, 0.1) is 23.5 Å². The highest BCUT2D eigenvalue weighted by Crippen LogP contribution is 2.58. The summed E-state index contributed by atoms with van der Waals surface area (Å²) in [6, 6.07) is 24.1. The van der Waals surface area contributed by atoms with E-state index in [1.54, 1.807) is 0 Å². The Hall–Kier alpha value is -6.49. The van der Waals surface area contributed by atoms with Crippen LogP contribution in [0.1, 0.15) is 36.1 Å². The van der Waals surface area contributed by atoms with Crippen molar-refractivity contribution in [3.63, 3.8) is 0 Å². The molecule has 2 atom stereocenters. The van der Waals surface area contributed by atoms with Gasteiger partial charge in [-0.1, -0.05) is 24.3 Å². The lowest BCUT2D eigenvalue weighted by Crippen LogP contribution is -2.33. The zero-order valence-electron chi connectivity index (χ0n) is 29.4. The molecule has 268 valence electrons. The number of ketones is 1. The summed E-state index contributed by atoms with van der Waals surface area (Å²) in [6.07, 6.45) is 0.466. The van der Waals surface area contributed by atoms with Gasteiger partial charge in [0.25, 0.3) is 0 Å². The Morgan fingerprint density at radius 2 is 0.889 bits per heavy atom. The Balaban J connectivity index is 0.974. The molecule has 0 amide bonds. The summed E-state index contributed by atoms with van der Waals surface area (Å²) in [7, 11) is 4.12. The number of anilines is 2. The number of rotatable bonds is 4. The average Bonchev–Trinajstić information content (AvgIpc) is 4.02. The van der Waals surface area contributed by atoms with Crippen molar-refractivity contribution in [3.8, 4) is 68.2 Å². The first-order valence-corrected chi connectivity index (χ1v) is 18.1. The molecule has 6 aromatic carbocycles. The number of ether oxygens (including phenoxy) is 8. The normalized spacial score (nSPS) is 18.9. The third-order valence-corrected chi connectivity index (χ3v) is 11.9. The zero-order valence-corrected chi connectivity index (χ0v) is 29.4. The standard InChI is InChI=1S/C43H32N2O9/c1-44-30(38-24(7-9-32-42(38)53-19-47-32)26-5-3-21-11-34-36(51-17-49-34)15-28(21)40(26)44)13-23(46)14-31-39-25(8-10-33-43(39)54-20-48-33)27-6-4-22-12-35-37(52-18-50-35)16-29(22)41(27)45(31)2/h3-12,15-16,30-31H,13-14,17-20H2,1-2H3. The maximum Gasteiger partial charge on any atom is 0.231 e. The molecule has 0 saturated heterocycles. The summed E-state index contributed by atoms with van der Waals surface area (Å²) in [6.45, 7) is 0.650. The lowest BCUT2D eigenvalue weighted by atomic mass is 9.81. The first-order valence-electron chi connectivity index (χ1n) is 18.1. The fraction of sp³-hybridized carbons (Fsp3) is 0.233. The predicted octanol–water partition coefficient (Wildman–Crippen LogP) is 8.27. The predicted molar refractivity (Wildman–Crippen MR) is 200 cm³/mol. The topological polar surface area (TPSA) is 97.4 Å². The second-order valence-electron chi connectivity index (χ2n) is 14.5. The fourth-order valence-corrected chi connectivity index (χ4v) is 9.40. The van der Waals surface area contributed by atoms with Crippen LogP contribution < -0.4 is 47.7 Å². The molecule has 0 N–H and O–H groups in total. The molecule has 0 spiro atoms. The van der Waals surface area contributed by atoms with Gasteiger partial charge in [0, 0.05) is 60.0 Å². The van der Waals surface area contributed by atoms with Crippen molar-refractivity contribution in [2.24, 2.45) is 0 Å². The van der Waals surface area contributed by atoms with Gasteiger partial charge in [-0.3, -0.25) is 4.79 Å². The Bertz CT molecular complexity index is 2490. The van der Waals surface area contributed by atoms with Gasteiger partial charge >= 0.3 is 0 Å². The quantitative estimate of drug-likeness (QED) is 0.176. The van der Waals surface area contributed by atoms with Crippen molar-refractivity contribution in [2.75, 3.05) is 51.1 Å². The molecule has 6 heterocycles. The number of fused-ring (bicyclic) bond motifs is 16. The second kappa shape index (κ2) is 10.8. The Labute approximate surface area is 309 Å². The van der Waals surface area contributed by atoms with Gasteiger partial charge in [0.1, 0.15) is 5.78 Å². The highest BCUT2D eigenvalue weighted by molar-refractivity contribution is 6.08. The maximum absolute atomic E-state index is 14.9. The minimum absolute atomic E-state index is 0.0938. The lowest BCUT2D eigenvalue weighted by molar-refractivity contribution is -0.119. The molecule has 0 bridgehead atoms. The first-order chi connectivity index (χ1) is 26.5. The lowest BCUT2D eigenvalue weighted by Gasteiger charge is -2.40. The molecule has 12 rings (SSSR count). The van der Waals surface area contributed by atoms with Gasteiger partial charge in [-0.05, 0) is 70.4 Å². The molecule has 2 unspecified atom stereocenters. The summed E-state index contributed by atoms with van der Waals surface area (Å²) in [4.78, 5) is 19.3.